The van der Waals surface area contributed by atoms with Crippen molar-refractivity contribution >= 4 is 28.9 Å². The fraction of sp³-hybridized carbons (Fsp3) is 0.263. The molecule has 26 heavy (non-hydrogen) atoms. The summed E-state index contributed by atoms with van der Waals surface area (Å²) in [5.41, 5.74) is 7.53. The van der Waals surface area contributed by atoms with Crippen LogP contribution in [0.3, 0.4) is 0 Å². The van der Waals surface area contributed by atoms with Crippen molar-refractivity contribution in [3.05, 3.63) is 54.6 Å². The fourth-order valence-corrected chi connectivity index (χ4v) is 2.90. The summed E-state index contributed by atoms with van der Waals surface area (Å²) in [4.78, 5) is 25.8. The van der Waals surface area contributed by atoms with Gasteiger partial charge in [-0.1, -0.05) is 18.2 Å². The normalized spacial score (nSPS) is 16.8. The van der Waals surface area contributed by atoms with Crippen LogP contribution < -0.4 is 11.1 Å². The lowest BCUT2D eigenvalue weighted by Crippen LogP contribution is -2.45. The van der Waals surface area contributed by atoms with Crippen LogP contribution in [0.2, 0.25) is 0 Å². The number of hydrogen-bond acceptors (Lipinski definition) is 5. The molecule has 0 radical (unpaired) electrons. The van der Waals surface area contributed by atoms with Crippen LogP contribution in [0.4, 0.5) is 17.1 Å². The second-order valence-corrected chi connectivity index (χ2v) is 6.02. The highest BCUT2D eigenvalue weighted by Gasteiger charge is 2.33. The van der Waals surface area contributed by atoms with Gasteiger partial charge < -0.3 is 16.0 Å². The van der Waals surface area contributed by atoms with Crippen LogP contribution in [0.5, 0.6) is 0 Å². The van der Waals surface area contributed by atoms with E-state index in [4.69, 9.17) is 5.73 Å². The van der Waals surface area contributed by atoms with Gasteiger partial charge >= 0.3 is 0 Å². The monoisotopic (exact) mass is 351 g/mol. The van der Waals surface area contributed by atoms with Crippen LogP contribution in [0.1, 0.15) is 12.8 Å². The number of carbonyl (C=O) groups excluding carboxylic acids is 2. The highest BCUT2D eigenvalue weighted by molar-refractivity contribution is 5.97. The molecule has 1 aliphatic rings. The van der Waals surface area contributed by atoms with Crippen molar-refractivity contribution < 1.29 is 9.59 Å². The van der Waals surface area contributed by atoms with Crippen LogP contribution in [0.15, 0.2) is 64.8 Å². The zero-order chi connectivity index (χ0) is 18.4. The number of anilines is 1. The lowest BCUT2D eigenvalue weighted by molar-refractivity contribution is -0.135. The van der Waals surface area contributed by atoms with Crippen LogP contribution in [0.25, 0.3) is 0 Å². The molecule has 0 spiro atoms. The molecule has 2 aromatic rings. The van der Waals surface area contributed by atoms with E-state index in [1.807, 2.05) is 30.3 Å². The number of likely N-dealkylation sites (tertiary alicyclic amines) is 1. The molecule has 1 atom stereocenters. The summed E-state index contributed by atoms with van der Waals surface area (Å²) in [6, 6.07) is 16.1. The van der Waals surface area contributed by atoms with Crippen molar-refractivity contribution in [2.75, 3.05) is 18.4 Å². The van der Waals surface area contributed by atoms with Gasteiger partial charge in [-0.15, -0.1) is 0 Å². The maximum Gasteiger partial charge on any atom is 0.247 e. The van der Waals surface area contributed by atoms with E-state index < -0.39 is 6.04 Å². The molecule has 2 aromatic carbocycles. The molecule has 2 amide bonds. The number of carbonyl (C=O) groups is 2. The first-order valence-corrected chi connectivity index (χ1v) is 8.54. The molecule has 1 saturated heterocycles. The van der Waals surface area contributed by atoms with Gasteiger partial charge in [0.25, 0.3) is 0 Å². The third kappa shape index (κ3) is 4.31. The first-order valence-electron chi connectivity index (χ1n) is 8.54. The molecule has 0 aliphatic carbocycles. The number of nitrogens with one attached hydrogen (secondary N) is 1. The number of nitrogens with two attached hydrogens (primary N) is 1. The molecule has 134 valence electrons. The maximum atomic E-state index is 12.5. The number of hydrogen-bond donors (Lipinski definition) is 2. The molecule has 3 rings (SSSR count). The Morgan fingerprint density at radius 2 is 1.69 bits per heavy atom. The zero-order valence-electron chi connectivity index (χ0n) is 14.3. The number of rotatable bonds is 5. The molecular formula is C19H21N5O2. The summed E-state index contributed by atoms with van der Waals surface area (Å²) >= 11 is 0. The van der Waals surface area contributed by atoms with E-state index in [1.165, 1.54) is 0 Å². The van der Waals surface area contributed by atoms with E-state index in [0.29, 0.717) is 24.3 Å². The van der Waals surface area contributed by atoms with Gasteiger partial charge in [-0.2, -0.15) is 10.2 Å². The summed E-state index contributed by atoms with van der Waals surface area (Å²) in [5, 5.41) is 11.2. The molecule has 0 saturated carbocycles. The summed E-state index contributed by atoms with van der Waals surface area (Å²) in [7, 11) is 0. The van der Waals surface area contributed by atoms with E-state index in [9.17, 15) is 9.59 Å². The van der Waals surface area contributed by atoms with E-state index in [0.717, 1.165) is 12.1 Å². The predicted molar refractivity (Wildman–Crippen MR) is 99.5 cm³/mol. The molecule has 0 aromatic heterocycles. The third-order valence-corrected chi connectivity index (χ3v) is 4.22. The summed E-state index contributed by atoms with van der Waals surface area (Å²) in [5.74, 6) is -0.387. The number of amides is 2. The second kappa shape index (κ2) is 8.35. The Bertz CT molecular complexity index is 789. The maximum absolute atomic E-state index is 12.5. The van der Waals surface area contributed by atoms with Crippen molar-refractivity contribution in [2.24, 2.45) is 16.0 Å². The molecule has 7 heteroatoms. The standard InChI is InChI=1S/C19H21N5O2/c20-13-18(25)24-12-4-7-17(24)19(26)21-14-8-10-16(11-9-14)23-22-15-5-2-1-3-6-15/h1-3,5-6,8-11,17H,4,7,12-13,20H2,(H,21,26)/t17-/m0/s1. The largest absolute Gasteiger partial charge is 0.330 e. The van der Waals surface area contributed by atoms with Crippen LogP contribution in [0, 0.1) is 0 Å². The van der Waals surface area contributed by atoms with E-state index >= 15 is 0 Å². The van der Waals surface area contributed by atoms with Crippen molar-refractivity contribution in [2.45, 2.75) is 18.9 Å². The topological polar surface area (TPSA) is 100 Å². The SMILES string of the molecule is NCC(=O)N1CCC[C@H]1C(=O)Nc1ccc(N=Nc2ccccc2)cc1. The van der Waals surface area contributed by atoms with Gasteiger partial charge in [0.05, 0.1) is 17.9 Å². The molecule has 1 aliphatic heterocycles. The number of azo groups is 1. The number of benzene rings is 2. The minimum atomic E-state index is -0.455. The van der Waals surface area contributed by atoms with Crippen molar-refractivity contribution in [1.82, 2.24) is 4.90 Å². The third-order valence-electron chi connectivity index (χ3n) is 4.22. The highest BCUT2D eigenvalue weighted by Crippen LogP contribution is 2.22. The van der Waals surface area contributed by atoms with Crippen LogP contribution >= 0.6 is 0 Å². The van der Waals surface area contributed by atoms with Gasteiger partial charge in [-0.25, -0.2) is 0 Å². The van der Waals surface area contributed by atoms with Gasteiger partial charge in [0.2, 0.25) is 11.8 Å². The summed E-state index contributed by atoms with van der Waals surface area (Å²) in [6.45, 7) is 0.498. The minimum absolute atomic E-state index is 0.0785. The minimum Gasteiger partial charge on any atom is -0.330 e. The zero-order valence-corrected chi connectivity index (χ0v) is 14.3. The molecule has 1 heterocycles. The Hall–Kier alpha value is -3.06. The fourth-order valence-electron chi connectivity index (χ4n) is 2.90. The first-order chi connectivity index (χ1) is 12.7. The molecule has 0 bridgehead atoms. The molecule has 1 fully saturated rings. The van der Waals surface area contributed by atoms with E-state index in [1.54, 1.807) is 29.2 Å². The molecule has 3 N–H and O–H groups in total. The van der Waals surface area contributed by atoms with Crippen molar-refractivity contribution in [1.29, 1.82) is 0 Å². The lowest BCUT2D eigenvalue weighted by Gasteiger charge is -2.23. The van der Waals surface area contributed by atoms with Gasteiger partial charge in [0.15, 0.2) is 0 Å². The molecule has 7 nitrogen and oxygen atoms in total. The smallest absolute Gasteiger partial charge is 0.247 e. The van der Waals surface area contributed by atoms with Gasteiger partial charge in [0, 0.05) is 12.2 Å². The van der Waals surface area contributed by atoms with Gasteiger partial charge in [0.1, 0.15) is 6.04 Å². The second-order valence-electron chi connectivity index (χ2n) is 6.02. The average molecular weight is 351 g/mol. The average Bonchev–Trinajstić information content (AvgIpc) is 3.18. The summed E-state index contributed by atoms with van der Waals surface area (Å²) < 4.78 is 0. The Kier molecular flexibility index (Phi) is 5.70. The molecular weight excluding hydrogens is 330 g/mol. The lowest BCUT2D eigenvalue weighted by atomic mass is 10.2. The van der Waals surface area contributed by atoms with Crippen molar-refractivity contribution in [3.63, 3.8) is 0 Å². The quantitative estimate of drug-likeness (QED) is 0.810. The predicted octanol–water partition coefficient (Wildman–Crippen LogP) is 2.99. The Morgan fingerprint density at radius 3 is 2.35 bits per heavy atom. The van der Waals surface area contributed by atoms with Gasteiger partial charge in [-0.05, 0) is 49.2 Å². The van der Waals surface area contributed by atoms with E-state index in [-0.39, 0.29) is 18.4 Å². The summed E-state index contributed by atoms with van der Waals surface area (Å²) in [6.07, 6.45) is 1.46. The van der Waals surface area contributed by atoms with E-state index in [2.05, 4.69) is 15.5 Å². The van der Waals surface area contributed by atoms with Crippen LogP contribution in [-0.4, -0.2) is 35.8 Å². The number of nitrogens with zero attached hydrogens (tertiary/aromatic N) is 3. The Balaban J connectivity index is 1.61. The Labute approximate surface area is 151 Å². The van der Waals surface area contributed by atoms with Crippen molar-refractivity contribution in [3.8, 4) is 0 Å². The first kappa shape index (κ1) is 17.8. The molecule has 0 unspecified atom stereocenters. The Morgan fingerprint density at radius 1 is 1.04 bits per heavy atom. The van der Waals surface area contributed by atoms with Gasteiger partial charge in [-0.3, -0.25) is 9.59 Å². The van der Waals surface area contributed by atoms with Crippen LogP contribution in [-0.2, 0) is 9.59 Å². The highest BCUT2D eigenvalue weighted by atomic mass is 16.2.